The van der Waals surface area contributed by atoms with E-state index in [0.29, 0.717) is 0 Å². The molecule has 0 aliphatic rings. The Bertz CT molecular complexity index is 824. The maximum absolute atomic E-state index is 12.2. The van der Waals surface area contributed by atoms with Gasteiger partial charge in [-0.2, -0.15) is 0 Å². The number of rotatable bonds is 11. The van der Waals surface area contributed by atoms with E-state index in [1.54, 1.807) is 6.08 Å². The van der Waals surface area contributed by atoms with E-state index in [4.69, 9.17) is 9.47 Å². The Labute approximate surface area is 188 Å². The highest BCUT2D eigenvalue weighted by Crippen LogP contribution is 2.26. The van der Waals surface area contributed by atoms with Crippen LogP contribution in [0, 0.1) is 0 Å². The summed E-state index contributed by atoms with van der Waals surface area (Å²) in [5.41, 5.74) is 3.82. The molecule has 0 saturated heterocycles. The molecule has 2 aromatic carbocycles. The van der Waals surface area contributed by atoms with Gasteiger partial charge in [-0.15, -0.1) is 0 Å². The summed E-state index contributed by atoms with van der Waals surface area (Å²) in [5, 5.41) is 0. The van der Waals surface area contributed by atoms with Gasteiger partial charge in [-0.05, 0) is 68.0 Å². The fourth-order valence-electron chi connectivity index (χ4n) is 3.38. The lowest BCUT2D eigenvalue weighted by molar-refractivity contribution is -0.148. The first-order chi connectivity index (χ1) is 14.8. The molecule has 0 heterocycles. The normalized spacial score (nSPS) is 12.0. The summed E-state index contributed by atoms with van der Waals surface area (Å²) in [6.07, 6.45) is 8.59. The minimum Gasteiger partial charge on any atom is -0.494 e. The van der Waals surface area contributed by atoms with Gasteiger partial charge >= 0.3 is 5.97 Å². The van der Waals surface area contributed by atoms with Crippen molar-refractivity contribution in [2.24, 2.45) is 0 Å². The third-order valence-electron chi connectivity index (χ3n) is 5.04. The van der Waals surface area contributed by atoms with Crippen molar-refractivity contribution in [3.8, 4) is 16.9 Å². The molecule has 0 unspecified atom stereocenters. The van der Waals surface area contributed by atoms with E-state index in [-0.39, 0.29) is 5.97 Å². The number of hydrogen-bond donors (Lipinski definition) is 0. The van der Waals surface area contributed by atoms with E-state index >= 15 is 0 Å². The number of allylic oxidation sites excluding steroid dienone is 1. The summed E-state index contributed by atoms with van der Waals surface area (Å²) < 4.78 is 11.3. The van der Waals surface area contributed by atoms with Crippen molar-refractivity contribution in [1.82, 2.24) is 0 Å². The summed E-state index contributed by atoms with van der Waals surface area (Å²) in [6.45, 7) is 10.7. The van der Waals surface area contributed by atoms with Crippen LogP contribution in [-0.2, 0) is 9.53 Å². The maximum Gasteiger partial charge on any atom is 0.331 e. The van der Waals surface area contributed by atoms with Gasteiger partial charge in [-0.1, -0.05) is 75.9 Å². The van der Waals surface area contributed by atoms with E-state index in [1.807, 2.05) is 39.8 Å². The lowest BCUT2D eigenvalue weighted by atomic mass is 9.99. The van der Waals surface area contributed by atoms with Crippen molar-refractivity contribution < 1.29 is 14.3 Å². The zero-order chi connectivity index (χ0) is 22.7. The molecule has 0 radical (unpaired) electrons. The Kier molecular flexibility index (Phi) is 9.84. The smallest absolute Gasteiger partial charge is 0.331 e. The number of ether oxygens (including phenoxy) is 2. The largest absolute Gasteiger partial charge is 0.494 e. The van der Waals surface area contributed by atoms with Crippen LogP contribution in [0.1, 0.15) is 78.7 Å². The molecule has 3 nitrogen and oxygen atoms in total. The quantitative estimate of drug-likeness (QED) is 0.210. The third kappa shape index (κ3) is 9.00. The number of esters is 1. The summed E-state index contributed by atoms with van der Waals surface area (Å²) in [4.78, 5) is 12.2. The topological polar surface area (TPSA) is 35.5 Å². The summed E-state index contributed by atoms with van der Waals surface area (Å²) >= 11 is 0. The molecule has 31 heavy (non-hydrogen) atoms. The van der Waals surface area contributed by atoms with E-state index in [9.17, 15) is 4.79 Å². The third-order valence-corrected chi connectivity index (χ3v) is 5.04. The zero-order valence-electron chi connectivity index (χ0n) is 19.9. The number of unbranched alkanes of at least 4 members (excludes halogenated alkanes) is 4. The Morgan fingerprint density at radius 1 is 0.839 bits per heavy atom. The second-order valence-corrected chi connectivity index (χ2v) is 8.92. The standard InChI is InChI=1S/C28H38O3/c1-6-8-9-10-11-20-30-26-18-16-25(17-19-26)24-14-12-23(13-15-24)22(7-2)21-27(29)31-28(3,4)5/h12-19,21H,6-11,20H2,1-5H3/b22-21-. The second kappa shape index (κ2) is 12.3. The minimum absolute atomic E-state index is 0.297. The van der Waals surface area contributed by atoms with Crippen LogP contribution in [0.5, 0.6) is 5.75 Å². The van der Waals surface area contributed by atoms with Crippen molar-refractivity contribution in [3.05, 3.63) is 60.2 Å². The Morgan fingerprint density at radius 3 is 1.97 bits per heavy atom. The molecule has 0 spiro atoms. The fourth-order valence-corrected chi connectivity index (χ4v) is 3.38. The second-order valence-electron chi connectivity index (χ2n) is 8.92. The first-order valence-electron chi connectivity index (χ1n) is 11.6. The van der Waals surface area contributed by atoms with E-state index in [0.717, 1.165) is 47.5 Å². The van der Waals surface area contributed by atoms with Gasteiger partial charge < -0.3 is 9.47 Å². The van der Waals surface area contributed by atoms with Crippen molar-refractivity contribution in [2.75, 3.05) is 6.61 Å². The van der Waals surface area contributed by atoms with Gasteiger partial charge in [0.2, 0.25) is 0 Å². The van der Waals surface area contributed by atoms with Crippen LogP contribution in [0.2, 0.25) is 0 Å². The van der Waals surface area contributed by atoms with Crippen molar-refractivity contribution >= 4 is 11.5 Å². The van der Waals surface area contributed by atoms with Gasteiger partial charge in [-0.25, -0.2) is 4.79 Å². The molecule has 0 amide bonds. The van der Waals surface area contributed by atoms with Crippen molar-refractivity contribution in [1.29, 1.82) is 0 Å². The Morgan fingerprint density at radius 2 is 1.42 bits per heavy atom. The van der Waals surface area contributed by atoms with Gasteiger partial charge in [0, 0.05) is 6.08 Å². The molecule has 0 aliphatic carbocycles. The van der Waals surface area contributed by atoms with Gasteiger partial charge in [0.1, 0.15) is 11.4 Å². The van der Waals surface area contributed by atoms with Gasteiger partial charge in [0.25, 0.3) is 0 Å². The van der Waals surface area contributed by atoms with Crippen molar-refractivity contribution in [3.63, 3.8) is 0 Å². The van der Waals surface area contributed by atoms with Crippen LogP contribution in [0.25, 0.3) is 16.7 Å². The lowest BCUT2D eigenvalue weighted by Crippen LogP contribution is -2.22. The molecular weight excluding hydrogens is 384 g/mol. The van der Waals surface area contributed by atoms with Gasteiger partial charge in [0.15, 0.2) is 0 Å². The maximum atomic E-state index is 12.2. The van der Waals surface area contributed by atoms with E-state index in [1.165, 1.54) is 25.7 Å². The molecule has 0 atom stereocenters. The highest BCUT2D eigenvalue weighted by atomic mass is 16.6. The molecule has 0 N–H and O–H groups in total. The highest BCUT2D eigenvalue weighted by Gasteiger charge is 2.15. The molecule has 168 valence electrons. The van der Waals surface area contributed by atoms with Gasteiger partial charge in [-0.3, -0.25) is 0 Å². The molecular formula is C28H38O3. The molecule has 0 bridgehead atoms. The number of hydrogen-bond acceptors (Lipinski definition) is 3. The molecule has 2 rings (SSSR count). The number of carbonyl (C=O) groups excluding carboxylic acids is 1. The van der Waals surface area contributed by atoms with Crippen LogP contribution < -0.4 is 4.74 Å². The summed E-state index contributed by atoms with van der Waals surface area (Å²) in [5.74, 6) is 0.624. The average molecular weight is 423 g/mol. The van der Waals surface area contributed by atoms with Crippen LogP contribution in [0.4, 0.5) is 0 Å². The van der Waals surface area contributed by atoms with Crippen molar-refractivity contribution in [2.45, 2.75) is 78.7 Å². The zero-order valence-corrected chi connectivity index (χ0v) is 19.9. The first kappa shape index (κ1) is 24.7. The molecule has 0 aliphatic heterocycles. The van der Waals surface area contributed by atoms with Crippen LogP contribution in [-0.4, -0.2) is 18.2 Å². The SMILES string of the molecule is CCCCCCCOc1ccc(-c2ccc(/C(=C\C(=O)OC(C)(C)C)CC)cc2)cc1. The van der Waals surface area contributed by atoms with Gasteiger partial charge in [0.05, 0.1) is 6.61 Å². The van der Waals surface area contributed by atoms with E-state index < -0.39 is 5.60 Å². The molecule has 0 aromatic heterocycles. The minimum atomic E-state index is -0.485. The fraction of sp³-hybridized carbons (Fsp3) is 0.464. The average Bonchev–Trinajstić information content (AvgIpc) is 2.74. The summed E-state index contributed by atoms with van der Waals surface area (Å²) in [6, 6.07) is 16.6. The Balaban J connectivity index is 1.97. The molecule has 0 fully saturated rings. The monoisotopic (exact) mass is 422 g/mol. The first-order valence-corrected chi connectivity index (χ1v) is 11.6. The number of benzene rings is 2. The predicted molar refractivity (Wildman–Crippen MR) is 130 cm³/mol. The molecule has 3 heteroatoms. The van der Waals surface area contributed by atoms with Crippen LogP contribution in [0.3, 0.4) is 0 Å². The molecule has 0 saturated carbocycles. The van der Waals surface area contributed by atoms with E-state index in [2.05, 4.69) is 43.3 Å². The van der Waals surface area contributed by atoms with Crippen LogP contribution in [0.15, 0.2) is 54.6 Å². The predicted octanol–water partition coefficient (Wildman–Crippen LogP) is 7.84. The molecule has 2 aromatic rings. The summed E-state index contributed by atoms with van der Waals surface area (Å²) in [7, 11) is 0. The number of carbonyl (C=O) groups is 1. The Hall–Kier alpha value is -2.55. The lowest BCUT2D eigenvalue weighted by Gasteiger charge is -2.18. The highest BCUT2D eigenvalue weighted by molar-refractivity contribution is 5.91. The van der Waals surface area contributed by atoms with Crippen LogP contribution >= 0.6 is 0 Å².